The van der Waals surface area contributed by atoms with Crippen molar-refractivity contribution in [3.05, 3.63) is 77.0 Å². The third kappa shape index (κ3) is 6.85. The average molecular weight is 510 g/mol. The van der Waals surface area contributed by atoms with E-state index in [1.807, 2.05) is 6.07 Å². The topological polar surface area (TPSA) is 117 Å². The Hall–Kier alpha value is -3.92. The van der Waals surface area contributed by atoms with Crippen LogP contribution in [0.15, 0.2) is 48.8 Å². The first-order valence-electron chi connectivity index (χ1n) is 12.4. The number of rotatable bonds is 11. The molecule has 1 aliphatic heterocycles. The Morgan fingerprint density at radius 3 is 2.92 bits per heavy atom. The van der Waals surface area contributed by atoms with Crippen molar-refractivity contribution in [1.82, 2.24) is 20.6 Å². The van der Waals surface area contributed by atoms with E-state index in [9.17, 15) is 14.0 Å². The van der Waals surface area contributed by atoms with Crippen LogP contribution in [-0.4, -0.2) is 48.3 Å². The smallest absolute Gasteiger partial charge is 0.308 e. The van der Waals surface area contributed by atoms with Crippen LogP contribution in [0, 0.1) is 5.82 Å². The molecule has 0 fully saturated rings. The highest BCUT2D eigenvalue weighted by molar-refractivity contribution is 5.93. The second-order valence-corrected chi connectivity index (χ2v) is 8.80. The van der Waals surface area contributed by atoms with E-state index in [4.69, 9.17) is 9.47 Å². The van der Waals surface area contributed by atoms with Crippen molar-refractivity contribution in [2.75, 3.05) is 25.6 Å². The fourth-order valence-electron chi connectivity index (χ4n) is 4.34. The first kappa shape index (κ1) is 26.2. The molecule has 3 heterocycles. The van der Waals surface area contributed by atoms with Crippen LogP contribution in [0.5, 0.6) is 5.75 Å². The summed E-state index contributed by atoms with van der Waals surface area (Å²) in [6.45, 7) is 2.63. The van der Waals surface area contributed by atoms with Crippen LogP contribution in [0.4, 0.5) is 10.2 Å². The minimum Gasteiger partial charge on any atom is -0.494 e. The summed E-state index contributed by atoms with van der Waals surface area (Å²) in [6.07, 6.45) is 6.22. The number of halogens is 1. The molecule has 0 saturated heterocycles. The third-order valence-corrected chi connectivity index (χ3v) is 6.26. The highest BCUT2D eigenvalue weighted by Crippen LogP contribution is 2.25. The van der Waals surface area contributed by atoms with E-state index in [0.717, 1.165) is 30.8 Å². The van der Waals surface area contributed by atoms with E-state index in [1.165, 1.54) is 24.8 Å². The molecule has 0 bridgehead atoms. The zero-order valence-corrected chi connectivity index (χ0v) is 21.0. The van der Waals surface area contributed by atoms with E-state index < -0.39 is 23.7 Å². The van der Waals surface area contributed by atoms with Gasteiger partial charge in [-0.1, -0.05) is 12.1 Å². The van der Waals surface area contributed by atoms with Gasteiger partial charge in [0, 0.05) is 18.9 Å². The Morgan fingerprint density at radius 1 is 1.27 bits per heavy atom. The van der Waals surface area contributed by atoms with Gasteiger partial charge in [0.15, 0.2) is 11.6 Å². The largest absolute Gasteiger partial charge is 0.494 e. The Bertz CT molecular complexity index is 1230. The maximum absolute atomic E-state index is 14.3. The minimum atomic E-state index is -0.769. The Kier molecular flexibility index (Phi) is 8.73. The summed E-state index contributed by atoms with van der Waals surface area (Å²) in [6, 6.07) is 9.37. The predicted molar refractivity (Wildman–Crippen MR) is 137 cm³/mol. The van der Waals surface area contributed by atoms with Gasteiger partial charge in [-0.25, -0.2) is 9.37 Å². The molecule has 0 radical (unpaired) electrons. The van der Waals surface area contributed by atoms with Crippen LogP contribution in [0.2, 0.25) is 0 Å². The normalized spacial score (nSPS) is 15.3. The Labute approximate surface area is 215 Å². The third-order valence-electron chi connectivity index (χ3n) is 6.26. The fourth-order valence-corrected chi connectivity index (χ4v) is 4.34. The van der Waals surface area contributed by atoms with Crippen molar-refractivity contribution < 1.29 is 23.5 Å². The molecule has 0 saturated carbocycles. The van der Waals surface area contributed by atoms with Gasteiger partial charge in [0.2, 0.25) is 0 Å². The predicted octanol–water partition coefficient (Wildman–Crippen LogP) is 3.50. The molecule has 9 nitrogen and oxygen atoms in total. The van der Waals surface area contributed by atoms with Crippen LogP contribution in [-0.2, 0) is 22.4 Å². The second kappa shape index (κ2) is 12.4. The lowest BCUT2D eigenvalue weighted by atomic mass is 10.0. The van der Waals surface area contributed by atoms with Gasteiger partial charge in [0.05, 0.1) is 32.3 Å². The number of ether oxygens (including phenoxy) is 2. The van der Waals surface area contributed by atoms with E-state index >= 15 is 0 Å². The average Bonchev–Trinajstić information content (AvgIpc) is 3.37. The summed E-state index contributed by atoms with van der Waals surface area (Å²) in [7, 11) is 1.37. The number of carbonyl (C=O) groups is 2. The van der Waals surface area contributed by atoms with E-state index in [-0.39, 0.29) is 24.9 Å². The van der Waals surface area contributed by atoms with Gasteiger partial charge in [0.1, 0.15) is 11.5 Å². The minimum absolute atomic E-state index is 0.0801. The number of amides is 1. The Balaban J connectivity index is 1.34. The zero-order chi connectivity index (χ0) is 26.2. The number of aryl methyl sites for hydroxylation is 1. The highest BCUT2D eigenvalue weighted by atomic mass is 19.1. The van der Waals surface area contributed by atoms with Crippen LogP contribution in [0.1, 0.15) is 53.0 Å². The number of aromatic nitrogens is 2. The molecule has 1 unspecified atom stereocenters. The lowest BCUT2D eigenvalue weighted by molar-refractivity contribution is -0.143. The van der Waals surface area contributed by atoms with Gasteiger partial charge in [-0.3, -0.25) is 14.9 Å². The molecule has 1 aromatic carbocycles. The van der Waals surface area contributed by atoms with Crippen LogP contribution >= 0.6 is 0 Å². The highest BCUT2D eigenvalue weighted by Gasteiger charge is 2.22. The van der Waals surface area contributed by atoms with Gasteiger partial charge in [-0.15, -0.1) is 0 Å². The summed E-state index contributed by atoms with van der Waals surface area (Å²) in [5.74, 6) is -0.472. The molecular weight excluding hydrogens is 477 g/mol. The SMILES string of the molecule is CCOC(=O)C[C@H](NC(=O)c1cc(CCNC2CCc3cccnc3N2)c[nH]1)c1ccc(OC)c(F)c1. The molecule has 1 aliphatic rings. The monoisotopic (exact) mass is 509 g/mol. The molecular formula is C27H32FN5O4. The molecule has 2 atom stereocenters. The molecule has 3 aromatic rings. The first-order valence-corrected chi connectivity index (χ1v) is 12.4. The number of esters is 1. The number of H-pyrrole nitrogens is 1. The van der Waals surface area contributed by atoms with Crippen molar-refractivity contribution >= 4 is 17.7 Å². The molecule has 0 spiro atoms. The Morgan fingerprint density at radius 2 is 2.14 bits per heavy atom. The van der Waals surface area contributed by atoms with Gasteiger partial charge in [0.25, 0.3) is 5.91 Å². The fraction of sp³-hybridized carbons (Fsp3) is 0.370. The number of nitrogens with one attached hydrogen (secondary N) is 4. The summed E-state index contributed by atoms with van der Waals surface area (Å²) >= 11 is 0. The van der Waals surface area contributed by atoms with E-state index in [0.29, 0.717) is 17.7 Å². The maximum Gasteiger partial charge on any atom is 0.308 e. The molecule has 196 valence electrons. The number of benzene rings is 1. The standard InChI is InChI=1S/C27H32FN5O4/c1-3-37-25(34)15-21(19-6-8-23(36-2)20(28)14-19)32-27(35)22-13-17(16-31-22)10-12-29-24-9-7-18-5-4-11-30-26(18)33-24/h4-6,8,11,13-14,16,21,24,29,31H,3,7,9-10,12,15H2,1-2H3,(H,30,33)(H,32,35)/t21-,24?/m0/s1. The van der Waals surface area contributed by atoms with Gasteiger partial charge >= 0.3 is 5.97 Å². The van der Waals surface area contributed by atoms with Crippen molar-refractivity contribution in [1.29, 1.82) is 0 Å². The number of anilines is 1. The molecule has 4 N–H and O–H groups in total. The number of fused-ring (bicyclic) bond motifs is 1. The molecule has 4 rings (SSSR count). The number of carbonyl (C=O) groups excluding carboxylic acids is 2. The van der Waals surface area contributed by atoms with Gasteiger partial charge < -0.3 is 25.1 Å². The van der Waals surface area contributed by atoms with Crippen molar-refractivity contribution in [3.63, 3.8) is 0 Å². The summed E-state index contributed by atoms with van der Waals surface area (Å²) in [4.78, 5) is 32.5. The molecule has 10 heteroatoms. The van der Waals surface area contributed by atoms with Crippen molar-refractivity contribution in [2.45, 2.75) is 44.8 Å². The summed E-state index contributed by atoms with van der Waals surface area (Å²) in [5, 5.41) is 9.72. The number of pyridine rings is 1. The lowest BCUT2D eigenvalue weighted by Crippen LogP contribution is -2.40. The number of aromatic amines is 1. The van der Waals surface area contributed by atoms with Crippen LogP contribution < -0.4 is 20.7 Å². The van der Waals surface area contributed by atoms with Crippen LogP contribution in [0.25, 0.3) is 0 Å². The van der Waals surface area contributed by atoms with Gasteiger partial charge in [-0.2, -0.15) is 0 Å². The number of methoxy groups -OCH3 is 1. The zero-order valence-electron chi connectivity index (χ0n) is 21.0. The molecule has 1 amide bonds. The lowest BCUT2D eigenvalue weighted by Gasteiger charge is -2.26. The van der Waals surface area contributed by atoms with Gasteiger partial charge in [-0.05, 0) is 67.1 Å². The first-order chi connectivity index (χ1) is 18.0. The van der Waals surface area contributed by atoms with Crippen molar-refractivity contribution in [3.8, 4) is 5.75 Å². The van der Waals surface area contributed by atoms with E-state index in [2.05, 4.69) is 32.0 Å². The molecule has 2 aromatic heterocycles. The van der Waals surface area contributed by atoms with E-state index in [1.54, 1.807) is 31.5 Å². The molecule has 37 heavy (non-hydrogen) atoms. The number of nitrogens with zero attached hydrogens (tertiary/aromatic N) is 1. The quantitative estimate of drug-likeness (QED) is 0.292. The molecule has 0 aliphatic carbocycles. The summed E-state index contributed by atoms with van der Waals surface area (Å²) in [5.41, 5.74) is 2.98. The number of hydrogen-bond acceptors (Lipinski definition) is 7. The maximum atomic E-state index is 14.3. The summed E-state index contributed by atoms with van der Waals surface area (Å²) < 4.78 is 24.3. The van der Waals surface area contributed by atoms with Crippen LogP contribution in [0.3, 0.4) is 0 Å². The second-order valence-electron chi connectivity index (χ2n) is 8.80. The van der Waals surface area contributed by atoms with Crippen molar-refractivity contribution in [2.24, 2.45) is 0 Å². The number of hydrogen-bond donors (Lipinski definition) is 4.